The molecule has 3 heterocycles. The van der Waals surface area contributed by atoms with Gasteiger partial charge < -0.3 is 25.3 Å². The van der Waals surface area contributed by atoms with Crippen LogP contribution < -0.4 is 5.73 Å². The van der Waals surface area contributed by atoms with Gasteiger partial charge in [0, 0.05) is 39.0 Å². The Morgan fingerprint density at radius 2 is 1.83 bits per heavy atom. The van der Waals surface area contributed by atoms with Gasteiger partial charge in [0.15, 0.2) is 5.78 Å². The third-order valence-corrected chi connectivity index (χ3v) is 15.2. The van der Waals surface area contributed by atoms with Gasteiger partial charge in [0.1, 0.15) is 6.04 Å². The fraction of sp³-hybridized carbons (Fsp3) is 0.600. The number of hydrogen-bond acceptors (Lipinski definition) is 5. The second-order valence-electron chi connectivity index (χ2n) is 19.0. The number of allylic oxidation sites excluding steroid dienone is 3. The molecule has 278 valence electrons. The number of aliphatic hydroxyl groups excluding tert-OH is 2. The minimum Gasteiger partial charge on any atom is -0.392 e. The number of ketones is 1. The summed E-state index contributed by atoms with van der Waals surface area (Å²) in [5.41, 5.74) is 12.1. The Hall–Kier alpha value is -3.26. The number of Topliss-reactive ketones (excluding diaryl/α,β-unsaturated/α-hetero) is 1. The summed E-state index contributed by atoms with van der Waals surface area (Å²) in [7, 11) is 0. The molecule has 1 aromatic carbocycles. The van der Waals surface area contributed by atoms with E-state index in [2.05, 4.69) is 77.8 Å². The number of hydrogen-bond donors (Lipinski definition) is 3. The Morgan fingerprint density at radius 1 is 1.12 bits per heavy atom. The van der Waals surface area contributed by atoms with Gasteiger partial charge in [-0.05, 0) is 119 Å². The third-order valence-electron chi connectivity index (χ3n) is 15.2. The number of amides is 1. The summed E-state index contributed by atoms with van der Waals surface area (Å²) < 4.78 is 8.90. The maximum atomic E-state index is 14.9. The Labute approximate surface area is 309 Å². The number of benzene rings is 1. The zero-order valence-corrected chi connectivity index (χ0v) is 32.7. The monoisotopic (exact) mass is 706 g/mol. The minimum atomic E-state index is -0.855. The first kappa shape index (κ1) is 35.8. The maximum Gasteiger partial charge on any atom is 0.244 e. The lowest BCUT2D eigenvalue weighted by atomic mass is 9.40. The summed E-state index contributed by atoms with van der Waals surface area (Å²) in [5.74, 6) is -0.0848. The first-order chi connectivity index (χ1) is 24.2. The van der Waals surface area contributed by atoms with Gasteiger partial charge >= 0.3 is 0 Å². The Bertz CT molecular complexity index is 2060. The number of ether oxygens (including phenoxy) is 1. The molecule has 2 aromatic rings. The molecule has 1 amide bonds. The highest BCUT2D eigenvalue weighted by Gasteiger charge is 2.67. The summed E-state index contributed by atoms with van der Waals surface area (Å²) >= 11 is 0. The van der Waals surface area contributed by atoms with Crippen molar-refractivity contribution in [2.75, 3.05) is 0 Å². The molecule has 6 aliphatic rings. The molecule has 2 fully saturated rings. The summed E-state index contributed by atoms with van der Waals surface area (Å²) in [4.78, 5) is 27.0. The lowest BCUT2D eigenvalue weighted by molar-refractivity contribution is -0.144. The molecule has 7 nitrogen and oxygen atoms in total. The quantitative estimate of drug-likeness (QED) is 0.159. The van der Waals surface area contributed by atoms with Crippen LogP contribution in [0.2, 0.25) is 0 Å². The molecule has 0 radical (unpaired) electrons. The van der Waals surface area contributed by atoms with Gasteiger partial charge in [0.2, 0.25) is 5.91 Å². The Kier molecular flexibility index (Phi) is 7.66. The normalized spacial score (nSPS) is 38.2. The first-order valence-electron chi connectivity index (χ1n) is 19.7. The average molecular weight is 707 g/mol. The number of fused-ring (bicyclic) bond motifs is 11. The molecule has 2 unspecified atom stereocenters. The number of nitrogens with zero attached hydrogens (tertiary/aromatic N) is 1. The third kappa shape index (κ3) is 4.36. The van der Waals surface area contributed by atoms with Crippen molar-refractivity contribution in [1.82, 2.24) is 4.57 Å². The van der Waals surface area contributed by atoms with E-state index in [4.69, 9.17) is 10.5 Å². The Morgan fingerprint density at radius 3 is 2.48 bits per heavy atom. The first-order valence-corrected chi connectivity index (χ1v) is 19.7. The molecular formula is C45H58N2O5. The maximum absolute atomic E-state index is 14.9. The van der Waals surface area contributed by atoms with Crippen molar-refractivity contribution in [3.8, 4) is 0 Å². The van der Waals surface area contributed by atoms with Crippen molar-refractivity contribution >= 4 is 28.2 Å². The smallest absolute Gasteiger partial charge is 0.244 e. The molecule has 1 aromatic heterocycles. The van der Waals surface area contributed by atoms with Gasteiger partial charge in [-0.3, -0.25) is 9.59 Å². The molecule has 0 saturated heterocycles. The molecule has 8 rings (SSSR count). The predicted octanol–water partition coefficient (Wildman–Crippen LogP) is 8.36. The second kappa shape index (κ2) is 11.1. The van der Waals surface area contributed by atoms with Crippen LogP contribution in [-0.4, -0.2) is 43.8 Å². The van der Waals surface area contributed by atoms with Gasteiger partial charge in [-0.2, -0.15) is 0 Å². The number of aliphatic hydroxyl groups is 2. The number of rotatable bonds is 6. The van der Waals surface area contributed by atoms with Crippen molar-refractivity contribution in [2.45, 2.75) is 142 Å². The number of carbonyl (C=O) groups is 2. The summed E-state index contributed by atoms with van der Waals surface area (Å²) in [6.45, 7) is 23.8. The van der Waals surface area contributed by atoms with Crippen LogP contribution in [0.1, 0.15) is 146 Å². The fourth-order valence-electron chi connectivity index (χ4n) is 13.0. The van der Waals surface area contributed by atoms with Gasteiger partial charge in [-0.25, -0.2) is 0 Å². The lowest BCUT2D eigenvalue weighted by Crippen LogP contribution is -2.62. The predicted molar refractivity (Wildman–Crippen MR) is 206 cm³/mol. The van der Waals surface area contributed by atoms with E-state index in [0.29, 0.717) is 29.9 Å². The number of primary amides is 1. The summed E-state index contributed by atoms with van der Waals surface area (Å²) in [5, 5.41) is 25.1. The van der Waals surface area contributed by atoms with Crippen LogP contribution in [-0.2, 0) is 21.4 Å². The lowest BCUT2D eigenvalue weighted by Gasteiger charge is -2.64. The fourth-order valence-corrected chi connectivity index (χ4v) is 13.0. The highest BCUT2D eigenvalue weighted by atomic mass is 16.5. The minimum absolute atomic E-state index is 0.0314. The number of nitrogens with two attached hydrogens (primary N) is 1. The van der Waals surface area contributed by atoms with Crippen LogP contribution >= 0.6 is 0 Å². The molecule has 0 bridgehead atoms. The van der Waals surface area contributed by atoms with E-state index >= 15 is 0 Å². The van der Waals surface area contributed by atoms with Gasteiger partial charge in [0.25, 0.3) is 0 Å². The standard InChI is InChI=1S/C45H58N2O5/c1-11-13-24(40(46)51)14-12-18-43(8)30-16-15-25-20-28-27-21-26-29-22-41(4,5)52-42(6,7)34(29)37(49)32(26)33-36(27)47(35(23(2)3)38(33)50)39(28)45(25,10)44(30,9)19-17-31(43)48/h12,14,18,21-22,25,30-31,34-35,37,48-49H,2,11,13,15-17,19-20H2,1,3-10H3,(H2,46,51)/b18-12+,24-14+/t25?,30-,31-,34?,35-,37+,43-,44-,45+/m0/s1. The molecule has 2 aliphatic heterocycles. The zero-order valence-electron chi connectivity index (χ0n) is 32.7. The van der Waals surface area contributed by atoms with E-state index in [0.717, 1.165) is 65.3 Å². The highest BCUT2D eigenvalue weighted by Crippen LogP contribution is 2.71. The van der Waals surface area contributed by atoms with Crippen LogP contribution in [0.15, 0.2) is 48.1 Å². The van der Waals surface area contributed by atoms with E-state index in [1.807, 2.05) is 26.0 Å². The van der Waals surface area contributed by atoms with Crippen LogP contribution in [0, 0.1) is 28.6 Å². The Balaban J connectivity index is 1.33. The average Bonchev–Trinajstić information content (AvgIpc) is 3.71. The van der Waals surface area contributed by atoms with Gasteiger partial charge in [0.05, 0.1) is 34.5 Å². The SMILES string of the molecule is C=C(C)[C@H]1C(=O)c2c3c(cc4c5c(n1c24)[C@@]1(C)C(CC[C@H]2[C@](C)(/C=C/C=C(\CCC)C(N)=O)[C@@H](O)CC[C@@]21C)C5)C1=CC(C)(C)OC(C)(C)C1[C@@H]3O. The van der Waals surface area contributed by atoms with Gasteiger partial charge in [-0.15, -0.1) is 0 Å². The van der Waals surface area contributed by atoms with Crippen LogP contribution in [0.5, 0.6) is 0 Å². The van der Waals surface area contributed by atoms with Crippen molar-refractivity contribution in [1.29, 1.82) is 0 Å². The molecule has 9 atom stereocenters. The van der Waals surface area contributed by atoms with Crippen molar-refractivity contribution in [2.24, 2.45) is 34.3 Å². The largest absolute Gasteiger partial charge is 0.392 e. The molecule has 4 N–H and O–H groups in total. The topological polar surface area (TPSA) is 115 Å². The summed E-state index contributed by atoms with van der Waals surface area (Å²) in [6.07, 6.45) is 12.7. The molecule has 2 saturated carbocycles. The van der Waals surface area contributed by atoms with E-state index in [9.17, 15) is 19.8 Å². The molecule has 7 heteroatoms. The van der Waals surface area contributed by atoms with Crippen LogP contribution in [0.3, 0.4) is 0 Å². The second-order valence-corrected chi connectivity index (χ2v) is 19.0. The van der Waals surface area contributed by atoms with Crippen molar-refractivity contribution in [3.63, 3.8) is 0 Å². The molecular weight excluding hydrogens is 649 g/mol. The summed E-state index contributed by atoms with van der Waals surface area (Å²) in [6, 6.07) is 1.77. The van der Waals surface area contributed by atoms with Gasteiger partial charge in [-0.1, -0.05) is 64.5 Å². The zero-order chi connectivity index (χ0) is 37.7. The van der Waals surface area contributed by atoms with E-state index in [-0.39, 0.29) is 28.4 Å². The molecule has 52 heavy (non-hydrogen) atoms. The molecule has 0 spiro atoms. The van der Waals surface area contributed by atoms with Crippen LogP contribution in [0.25, 0.3) is 16.5 Å². The number of carbonyl (C=O) groups excluding carboxylic acids is 2. The van der Waals surface area contributed by atoms with E-state index < -0.39 is 40.8 Å². The van der Waals surface area contributed by atoms with E-state index in [1.165, 1.54) is 11.3 Å². The van der Waals surface area contributed by atoms with E-state index in [1.54, 1.807) is 0 Å². The highest BCUT2D eigenvalue weighted by molar-refractivity contribution is 6.18. The van der Waals surface area contributed by atoms with Crippen LogP contribution in [0.4, 0.5) is 0 Å². The van der Waals surface area contributed by atoms with Crippen molar-refractivity contribution < 1.29 is 24.5 Å². The van der Waals surface area contributed by atoms with Crippen molar-refractivity contribution in [3.05, 3.63) is 76.0 Å². The molecule has 4 aliphatic carbocycles. The number of aromatic nitrogens is 1.